The van der Waals surface area contributed by atoms with Crippen molar-refractivity contribution < 1.29 is 9.53 Å². The summed E-state index contributed by atoms with van der Waals surface area (Å²) in [6.45, 7) is 7.70. The topological polar surface area (TPSA) is 41.6 Å². The smallest absolute Gasteiger partial charge is 0.410 e. The molecule has 1 amide bonds. The summed E-state index contributed by atoms with van der Waals surface area (Å²) in [5, 5.41) is 3.52. The zero-order valence-corrected chi connectivity index (χ0v) is 11.2. The molecule has 0 aliphatic carbocycles. The maximum atomic E-state index is 12.1. The number of carbonyl (C=O) groups excluding carboxylic acids is 1. The van der Waals surface area contributed by atoms with Gasteiger partial charge < -0.3 is 15.0 Å². The highest BCUT2D eigenvalue weighted by molar-refractivity contribution is 5.68. The molecule has 17 heavy (non-hydrogen) atoms. The molecule has 1 N–H and O–H groups in total. The summed E-state index contributed by atoms with van der Waals surface area (Å²) >= 11 is 0. The van der Waals surface area contributed by atoms with Crippen molar-refractivity contribution in [2.24, 2.45) is 0 Å². The lowest BCUT2D eigenvalue weighted by Crippen LogP contribution is -2.59. The van der Waals surface area contributed by atoms with Crippen LogP contribution >= 0.6 is 0 Å². The van der Waals surface area contributed by atoms with Crippen LogP contribution in [-0.2, 0) is 4.74 Å². The summed E-state index contributed by atoms with van der Waals surface area (Å²) < 4.78 is 5.49. The Morgan fingerprint density at radius 1 is 1.29 bits per heavy atom. The number of piperidine rings is 2. The van der Waals surface area contributed by atoms with Crippen molar-refractivity contribution in [1.29, 1.82) is 0 Å². The first-order valence-electron chi connectivity index (χ1n) is 6.70. The summed E-state index contributed by atoms with van der Waals surface area (Å²) in [6.07, 6.45) is 4.38. The third kappa shape index (κ3) is 3.12. The number of ether oxygens (including phenoxy) is 1. The Bertz CT molecular complexity index is 284. The van der Waals surface area contributed by atoms with E-state index in [1.165, 1.54) is 6.42 Å². The van der Waals surface area contributed by atoms with Crippen LogP contribution in [0, 0.1) is 0 Å². The van der Waals surface area contributed by atoms with E-state index in [4.69, 9.17) is 4.74 Å². The molecule has 0 radical (unpaired) electrons. The van der Waals surface area contributed by atoms with Crippen LogP contribution in [0.2, 0.25) is 0 Å². The molecule has 2 aliphatic heterocycles. The minimum absolute atomic E-state index is 0.143. The van der Waals surface area contributed by atoms with Crippen molar-refractivity contribution in [3.05, 3.63) is 0 Å². The zero-order chi connectivity index (χ0) is 12.5. The van der Waals surface area contributed by atoms with Gasteiger partial charge in [0.15, 0.2) is 0 Å². The molecule has 4 nitrogen and oxygen atoms in total. The quantitative estimate of drug-likeness (QED) is 0.705. The first kappa shape index (κ1) is 12.7. The molecule has 2 fully saturated rings. The van der Waals surface area contributed by atoms with Crippen LogP contribution in [-0.4, -0.2) is 41.8 Å². The maximum absolute atomic E-state index is 12.1. The van der Waals surface area contributed by atoms with Gasteiger partial charge in [-0.2, -0.15) is 0 Å². The van der Waals surface area contributed by atoms with Crippen molar-refractivity contribution in [3.63, 3.8) is 0 Å². The molecule has 2 heterocycles. The van der Waals surface area contributed by atoms with E-state index in [9.17, 15) is 4.79 Å². The highest BCUT2D eigenvalue weighted by atomic mass is 16.6. The summed E-state index contributed by atoms with van der Waals surface area (Å²) in [7, 11) is 0. The normalized spacial score (nSPS) is 29.7. The molecule has 0 saturated carbocycles. The first-order chi connectivity index (χ1) is 7.97. The number of carbonyl (C=O) groups is 1. The van der Waals surface area contributed by atoms with Gasteiger partial charge in [-0.3, -0.25) is 0 Å². The van der Waals surface area contributed by atoms with Gasteiger partial charge in [-0.15, -0.1) is 0 Å². The Kier molecular flexibility index (Phi) is 3.61. The second-order valence-corrected chi connectivity index (χ2v) is 6.09. The molecule has 2 atom stereocenters. The van der Waals surface area contributed by atoms with Crippen molar-refractivity contribution in [2.75, 3.05) is 13.1 Å². The van der Waals surface area contributed by atoms with E-state index in [1.807, 2.05) is 25.7 Å². The third-order valence-corrected chi connectivity index (χ3v) is 3.49. The van der Waals surface area contributed by atoms with Crippen LogP contribution in [0.5, 0.6) is 0 Å². The Hall–Kier alpha value is -0.770. The Balaban J connectivity index is 2.01. The number of amides is 1. The predicted molar refractivity (Wildman–Crippen MR) is 67.0 cm³/mol. The van der Waals surface area contributed by atoms with Crippen LogP contribution in [0.15, 0.2) is 0 Å². The number of hydrogen-bond donors (Lipinski definition) is 1. The molecule has 2 aliphatic rings. The van der Waals surface area contributed by atoms with Crippen LogP contribution in [0.1, 0.15) is 46.5 Å². The average molecular weight is 240 g/mol. The lowest BCUT2D eigenvalue weighted by Gasteiger charge is -2.44. The van der Waals surface area contributed by atoms with E-state index in [0.29, 0.717) is 12.1 Å². The molecular weight excluding hydrogens is 216 g/mol. The molecule has 98 valence electrons. The number of fused-ring (bicyclic) bond motifs is 1. The van der Waals surface area contributed by atoms with Gasteiger partial charge in [0.25, 0.3) is 0 Å². The van der Waals surface area contributed by atoms with Crippen molar-refractivity contribution in [1.82, 2.24) is 10.2 Å². The number of nitrogens with one attached hydrogen (secondary N) is 1. The van der Waals surface area contributed by atoms with Gasteiger partial charge in [-0.1, -0.05) is 0 Å². The van der Waals surface area contributed by atoms with Gasteiger partial charge in [0.2, 0.25) is 0 Å². The van der Waals surface area contributed by atoms with E-state index >= 15 is 0 Å². The molecule has 2 saturated heterocycles. The second-order valence-electron chi connectivity index (χ2n) is 6.09. The number of hydrogen-bond acceptors (Lipinski definition) is 3. The van der Waals surface area contributed by atoms with Gasteiger partial charge in [0.05, 0.1) is 6.04 Å². The number of nitrogens with zero attached hydrogens (tertiary/aromatic N) is 1. The monoisotopic (exact) mass is 240 g/mol. The van der Waals surface area contributed by atoms with Gasteiger partial charge in [0, 0.05) is 12.6 Å². The SMILES string of the molecule is CC(C)(C)OC(=O)N1CCC[C@H]2NCCC[C@@H]21. The molecule has 0 aromatic heterocycles. The molecule has 0 aromatic carbocycles. The lowest BCUT2D eigenvalue weighted by molar-refractivity contribution is -0.000231. The predicted octanol–water partition coefficient (Wildman–Crippen LogP) is 2.14. The molecule has 0 unspecified atom stereocenters. The molecular formula is C13H24N2O2. The summed E-state index contributed by atoms with van der Waals surface area (Å²) in [4.78, 5) is 14.1. The lowest BCUT2D eigenvalue weighted by atomic mass is 9.90. The largest absolute Gasteiger partial charge is 0.444 e. The maximum Gasteiger partial charge on any atom is 0.410 e. The van der Waals surface area contributed by atoms with Gasteiger partial charge in [-0.05, 0) is 53.0 Å². The van der Waals surface area contributed by atoms with Crippen LogP contribution in [0.4, 0.5) is 4.79 Å². The second kappa shape index (κ2) is 4.84. The average Bonchev–Trinajstić information content (AvgIpc) is 2.26. The molecule has 0 aromatic rings. The summed E-state index contributed by atoms with van der Waals surface area (Å²) in [5.41, 5.74) is -0.397. The summed E-state index contributed by atoms with van der Waals surface area (Å²) in [6, 6.07) is 0.817. The molecule has 4 heteroatoms. The fourth-order valence-electron chi connectivity index (χ4n) is 2.80. The molecule has 2 rings (SSSR count). The van der Waals surface area contributed by atoms with Gasteiger partial charge in [-0.25, -0.2) is 4.79 Å². The highest BCUT2D eigenvalue weighted by Gasteiger charge is 2.37. The molecule has 0 bridgehead atoms. The van der Waals surface area contributed by atoms with Crippen molar-refractivity contribution in [2.45, 2.75) is 64.1 Å². The van der Waals surface area contributed by atoms with Crippen molar-refractivity contribution in [3.8, 4) is 0 Å². The van der Waals surface area contributed by atoms with E-state index in [-0.39, 0.29) is 6.09 Å². The van der Waals surface area contributed by atoms with Crippen LogP contribution in [0.25, 0.3) is 0 Å². The highest BCUT2D eigenvalue weighted by Crippen LogP contribution is 2.26. The molecule has 0 spiro atoms. The first-order valence-corrected chi connectivity index (χ1v) is 6.70. The van der Waals surface area contributed by atoms with Crippen molar-refractivity contribution >= 4 is 6.09 Å². The minimum atomic E-state index is -0.397. The Morgan fingerprint density at radius 2 is 2.06 bits per heavy atom. The number of rotatable bonds is 0. The fraction of sp³-hybridized carbons (Fsp3) is 0.923. The van der Waals surface area contributed by atoms with E-state index in [0.717, 1.165) is 32.4 Å². The van der Waals surface area contributed by atoms with E-state index in [1.54, 1.807) is 0 Å². The Labute approximate surface area is 104 Å². The third-order valence-electron chi connectivity index (χ3n) is 3.49. The van der Waals surface area contributed by atoms with Crippen LogP contribution in [0.3, 0.4) is 0 Å². The fourth-order valence-corrected chi connectivity index (χ4v) is 2.80. The Morgan fingerprint density at radius 3 is 2.76 bits per heavy atom. The summed E-state index contributed by atoms with van der Waals surface area (Å²) in [5.74, 6) is 0. The van der Waals surface area contributed by atoms with Gasteiger partial charge in [0.1, 0.15) is 5.60 Å². The van der Waals surface area contributed by atoms with Gasteiger partial charge >= 0.3 is 6.09 Å². The van der Waals surface area contributed by atoms with Crippen LogP contribution < -0.4 is 5.32 Å². The number of likely N-dealkylation sites (tertiary alicyclic amines) is 1. The van der Waals surface area contributed by atoms with E-state index in [2.05, 4.69) is 5.32 Å². The zero-order valence-electron chi connectivity index (χ0n) is 11.2. The standard InChI is InChI=1S/C13H24N2O2/c1-13(2,3)17-12(16)15-9-5-6-10-11(15)7-4-8-14-10/h10-11,14H,4-9H2,1-3H3/t10-,11+/m1/s1. The minimum Gasteiger partial charge on any atom is -0.444 e. The van der Waals surface area contributed by atoms with E-state index < -0.39 is 5.60 Å².